The molecule has 1 amide bonds. The predicted octanol–water partition coefficient (Wildman–Crippen LogP) is 8.74. The Morgan fingerprint density at radius 3 is 2.48 bits per heavy atom. The van der Waals surface area contributed by atoms with Gasteiger partial charge in [-0.2, -0.15) is 0 Å². The SMILES string of the molecule is C[C@H]1C[C@H]2O[C@]3(CC[C@H]4[C@@H]5CC=C6C[C@@H](O)CC[C@]6(C)[C@H]5C[C@@]45C[C@]53C)[C@H](C)[C@@H]2N(C(=O)OCC2c3ccccc3-c3ccccc32)C1. The Morgan fingerprint density at radius 1 is 1.00 bits per heavy atom. The smallest absolute Gasteiger partial charge is 0.410 e. The molecule has 0 aromatic heterocycles. The summed E-state index contributed by atoms with van der Waals surface area (Å²) in [7, 11) is 0. The highest BCUT2D eigenvalue weighted by molar-refractivity contribution is 5.79. The molecular formula is C43H53NO4. The van der Waals surface area contributed by atoms with E-state index in [-0.39, 0.29) is 52.6 Å². The largest absolute Gasteiger partial charge is 0.448 e. The Hall–Kier alpha value is -2.63. The Morgan fingerprint density at radius 2 is 1.73 bits per heavy atom. The standard InChI is InChI=1S/C43H53NO4/c1-25-19-37-38(44(22-25)39(46)47-23-34-31-11-7-5-9-29(31)30-10-6-8-12-32(30)34)26(2)43(48-37)18-16-35-33-14-13-27-20-28(45)15-17-40(27,3)36(33)21-42(35)24-41(42,43)4/h5-13,25-26,28,33-38,45H,14-24H2,1-4H3/t25-,26+,28-,33-,35-,36-,37+,38-,40-,41+,42+,43+/m0/s1. The molecule has 5 nitrogen and oxygen atoms in total. The van der Waals surface area contributed by atoms with Crippen LogP contribution in [0.5, 0.6) is 0 Å². The first-order valence-electron chi connectivity index (χ1n) is 19.3. The molecule has 6 aliphatic carbocycles. The zero-order valence-corrected chi connectivity index (χ0v) is 29.3. The number of allylic oxidation sites excluding steroid dienone is 1. The first-order chi connectivity index (χ1) is 23.1. The van der Waals surface area contributed by atoms with E-state index in [4.69, 9.17) is 9.47 Å². The van der Waals surface area contributed by atoms with Gasteiger partial charge in [-0.05, 0) is 115 Å². The number of nitrogens with zero attached hydrogens (tertiary/aromatic N) is 1. The molecule has 0 unspecified atom stereocenters. The zero-order chi connectivity index (χ0) is 32.8. The van der Waals surface area contributed by atoms with Crippen LogP contribution in [0.3, 0.4) is 0 Å². The lowest BCUT2D eigenvalue weighted by Crippen LogP contribution is -2.56. The zero-order valence-electron chi connectivity index (χ0n) is 29.3. The number of amides is 1. The Labute approximate surface area is 286 Å². The van der Waals surface area contributed by atoms with Gasteiger partial charge in [-0.1, -0.05) is 87.9 Å². The Kier molecular flexibility index (Phi) is 6.29. The summed E-state index contributed by atoms with van der Waals surface area (Å²) in [4.78, 5) is 16.3. The lowest BCUT2D eigenvalue weighted by atomic mass is 9.56. The summed E-state index contributed by atoms with van der Waals surface area (Å²) in [6, 6.07) is 17.2. The van der Waals surface area contributed by atoms with Crippen LogP contribution in [0.25, 0.3) is 11.1 Å². The number of carbonyl (C=O) groups excluding carboxylic acids is 1. The summed E-state index contributed by atoms with van der Waals surface area (Å²) in [5.74, 6) is 2.99. The molecule has 10 rings (SSSR count). The van der Waals surface area contributed by atoms with Crippen molar-refractivity contribution in [2.24, 2.45) is 45.8 Å². The minimum Gasteiger partial charge on any atom is -0.448 e. The number of aliphatic hydroxyl groups excluding tert-OH is 1. The van der Waals surface area contributed by atoms with Crippen molar-refractivity contribution < 1.29 is 19.4 Å². The van der Waals surface area contributed by atoms with Gasteiger partial charge >= 0.3 is 6.09 Å². The van der Waals surface area contributed by atoms with Crippen LogP contribution >= 0.6 is 0 Å². The van der Waals surface area contributed by atoms with E-state index < -0.39 is 0 Å². The molecule has 1 N–H and O–H groups in total. The van der Waals surface area contributed by atoms with Gasteiger partial charge < -0.3 is 19.5 Å². The Balaban J connectivity index is 0.910. The van der Waals surface area contributed by atoms with Crippen molar-refractivity contribution in [1.82, 2.24) is 4.90 Å². The molecule has 48 heavy (non-hydrogen) atoms. The number of aliphatic hydroxyl groups is 1. The van der Waals surface area contributed by atoms with Crippen molar-refractivity contribution in [3.05, 3.63) is 71.3 Å². The van der Waals surface area contributed by atoms with Gasteiger partial charge in [0.2, 0.25) is 0 Å². The minimum atomic E-state index is -0.182. The van der Waals surface area contributed by atoms with E-state index in [1.54, 1.807) is 5.57 Å². The van der Waals surface area contributed by atoms with Crippen LogP contribution in [-0.2, 0) is 9.47 Å². The van der Waals surface area contributed by atoms with Crippen molar-refractivity contribution >= 4 is 6.09 Å². The van der Waals surface area contributed by atoms with Crippen LogP contribution in [0.2, 0.25) is 0 Å². The van der Waals surface area contributed by atoms with Crippen molar-refractivity contribution in [1.29, 1.82) is 0 Å². The number of fused-ring (bicyclic) bond motifs is 9. The van der Waals surface area contributed by atoms with E-state index in [0.29, 0.717) is 17.9 Å². The average molecular weight is 648 g/mol. The summed E-state index contributed by atoms with van der Waals surface area (Å²) < 4.78 is 13.8. The highest BCUT2D eigenvalue weighted by atomic mass is 16.6. The van der Waals surface area contributed by atoms with Crippen molar-refractivity contribution in [3.8, 4) is 11.1 Å². The maximum atomic E-state index is 14.2. The topological polar surface area (TPSA) is 59.0 Å². The second-order valence-corrected chi connectivity index (χ2v) is 18.2. The van der Waals surface area contributed by atoms with E-state index in [9.17, 15) is 9.90 Å². The molecule has 2 spiro atoms. The van der Waals surface area contributed by atoms with E-state index in [1.807, 2.05) is 0 Å². The number of hydrogen-bond donors (Lipinski definition) is 1. The van der Waals surface area contributed by atoms with Crippen LogP contribution in [0.4, 0.5) is 4.79 Å². The molecule has 2 aliphatic heterocycles. The van der Waals surface area contributed by atoms with Crippen LogP contribution in [0.15, 0.2) is 60.2 Å². The fourth-order valence-corrected chi connectivity index (χ4v) is 14.2. The third kappa shape index (κ3) is 3.68. The monoisotopic (exact) mass is 647 g/mol. The summed E-state index contributed by atoms with van der Waals surface area (Å²) >= 11 is 0. The summed E-state index contributed by atoms with van der Waals surface area (Å²) in [6.45, 7) is 11.0. The van der Waals surface area contributed by atoms with Crippen molar-refractivity contribution in [2.75, 3.05) is 13.2 Å². The summed E-state index contributed by atoms with van der Waals surface area (Å²) in [5, 5.41) is 10.5. The van der Waals surface area contributed by atoms with Gasteiger partial charge in [-0.15, -0.1) is 0 Å². The van der Waals surface area contributed by atoms with E-state index in [0.717, 1.165) is 56.4 Å². The second kappa shape index (κ2) is 10.00. The van der Waals surface area contributed by atoms with Crippen molar-refractivity contribution in [2.45, 2.75) is 115 Å². The highest BCUT2D eigenvalue weighted by Crippen LogP contribution is 2.87. The third-order valence-electron chi connectivity index (χ3n) is 16.4. The Bertz CT molecular complexity index is 1670. The quantitative estimate of drug-likeness (QED) is 0.331. The van der Waals surface area contributed by atoms with Crippen LogP contribution < -0.4 is 0 Å². The first kappa shape index (κ1) is 30.2. The molecule has 2 heterocycles. The van der Waals surface area contributed by atoms with Crippen molar-refractivity contribution in [3.63, 3.8) is 0 Å². The molecule has 2 aromatic carbocycles. The molecule has 5 heteroatoms. The van der Waals surface area contributed by atoms with Crippen LogP contribution in [-0.4, -0.2) is 53.1 Å². The molecule has 0 radical (unpaired) electrons. The van der Waals surface area contributed by atoms with E-state index in [1.165, 1.54) is 47.9 Å². The molecule has 4 saturated carbocycles. The van der Waals surface area contributed by atoms with Gasteiger partial charge in [0.15, 0.2) is 0 Å². The number of piperidine rings is 1. The second-order valence-electron chi connectivity index (χ2n) is 18.2. The van der Waals surface area contributed by atoms with Gasteiger partial charge in [0, 0.05) is 23.8 Å². The van der Waals surface area contributed by atoms with Gasteiger partial charge in [-0.3, -0.25) is 0 Å². The highest BCUT2D eigenvalue weighted by Gasteiger charge is 2.84. The number of likely N-dealkylation sites (tertiary alicyclic amines) is 1. The molecular weight excluding hydrogens is 594 g/mol. The lowest BCUT2D eigenvalue weighted by molar-refractivity contribution is -0.147. The normalized spacial score (nSPS) is 46.4. The molecule has 0 bridgehead atoms. The summed E-state index contributed by atoms with van der Waals surface area (Å²) in [5.41, 5.74) is 7.16. The average Bonchev–Trinajstić information content (AvgIpc) is 3.28. The molecule has 2 aromatic rings. The van der Waals surface area contributed by atoms with E-state index in [2.05, 4.69) is 87.2 Å². The van der Waals surface area contributed by atoms with Gasteiger partial charge in [0.1, 0.15) is 6.61 Å². The maximum Gasteiger partial charge on any atom is 0.410 e. The minimum absolute atomic E-state index is 0.0668. The molecule has 12 atom stereocenters. The number of hydrogen-bond acceptors (Lipinski definition) is 4. The first-order valence-corrected chi connectivity index (χ1v) is 19.3. The number of rotatable bonds is 2. The van der Waals surface area contributed by atoms with Gasteiger partial charge in [0.05, 0.1) is 23.9 Å². The van der Waals surface area contributed by atoms with Crippen LogP contribution in [0, 0.1) is 45.8 Å². The molecule has 2 saturated heterocycles. The van der Waals surface area contributed by atoms with E-state index >= 15 is 0 Å². The van der Waals surface area contributed by atoms with Gasteiger partial charge in [-0.25, -0.2) is 4.79 Å². The fraction of sp³-hybridized carbons (Fsp3) is 0.651. The predicted molar refractivity (Wildman–Crippen MR) is 186 cm³/mol. The van der Waals surface area contributed by atoms with Crippen LogP contribution in [0.1, 0.15) is 103 Å². The maximum absolute atomic E-state index is 14.2. The number of carbonyl (C=O) groups is 1. The fourth-order valence-electron chi connectivity index (χ4n) is 14.2. The molecule has 254 valence electrons. The van der Waals surface area contributed by atoms with Gasteiger partial charge in [0.25, 0.3) is 0 Å². The number of benzene rings is 2. The molecule has 6 fully saturated rings. The number of ether oxygens (including phenoxy) is 2. The lowest BCUT2D eigenvalue weighted by Gasteiger charge is -2.50. The summed E-state index contributed by atoms with van der Waals surface area (Å²) in [6.07, 6.45) is 12.5. The third-order valence-corrected chi connectivity index (χ3v) is 16.4. The molecule has 8 aliphatic rings.